The molecule has 0 atom stereocenters. The molecule has 1 aromatic heterocycles. The van der Waals surface area contributed by atoms with Crippen molar-refractivity contribution in [2.75, 3.05) is 0 Å². The molecule has 2 aromatic carbocycles. The molecule has 0 aliphatic carbocycles. The van der Waals surface area contributed by atoms with Crippen LogP contribution in [0.3, 0.4) is 0 Å². The molecular formula is C17H10BrF4NO. The van der Waals surface area contributed by atoms with Crippen LogP contribution in [0.4, 0.5) is 17.6 Å². The lowest BCUT2D eigenvalue weighted by molar-refractivity contribution is -0.253. The molecule has 7 heteroatoms. The first-order valence-corrected chi connectivity index (χ1v) is 7.67. The Bertz CT molecular complexity index is 885. The lowest BCUT2D eigenvalue weighted by Crippen LogP contribution is -2.33. The van der Waals surface area contributed by atoms with Gasteiger partial charge in [-0.1, -0.05) is 34.1 Å². The van der Waals surface area contributed by atoms with Crippen LogP contribution >= 0.6 is 15.9 Å². The van der Waals surface area contributed by atoms with Crippen LogP contribution < -0.4 is 4.74 Å². The number of nitrogens with zero attached hydrogens (tertiary/aromatic N) is 1. The van der Waals surface area contributed by atoms with Gasteiger partial charge in [0.05, 0.1) is 11.2 Å². The Hall–Kier alpha value is -2.15. The molecule has 0 aliphatic heterocycles. The number of alkyl halides is 4. The normalized spacial score (nSPS) is 11.9. The van der Waals surface area contributed by atoms with Gasteiger partial charge < -0.3 is 4.74 Å². The predicted octanol–water partition coefficient (Wildman–Crippen LogP) is 5.90. The van der Waals surface area contributed by atoms with E-state index in [4.69, 9.17) is 0 Å². The van der Waals surface area contributed by atoms with Crippen molar-refractivity contribution in [3.05, 3.63) is 59.1 Å². The smallest absolute Gasteiger partial charge is 0.428 e. The van der Waals surface area contributed by atoms with E-state index in [1.165, 1.54) is 18.2 Å². The van der Waals surface area contributed by atoms with Crippen LogP contribution in [-0.4, -0.2) is 17.5 Å². The van der Waals surface area contributed by atoms with E-state index in [1.54, 1.807) is 12.1 Å². The lowest BCUT2D eigenvalue weighted by Gasteiger charge is -2.17. The second-order valence-corrected chi connectivity index (χ2v) is 5.85. The molecule has 3 rings (SSSR count). The summed E-state index contributed by atoms with van der Waals surface area (Å²) in [5.41, 5.74) is 1.72. The molecule has 0 N–H and O–H groups in total. The molecule has 0 amide bonds. The highest BCUT2D eigenvalue weighted by molar-refractivity contribution is 9.10. The first kappa shape index (κ1) is 16.7. The van der Waals surface area contributed by atoms with Crippen molar-refractivity contribution in [3.63, 3.8) is 0 Å². The number of rotatable bonds is 4. The molecular weight excluding hydrogens is 390 g/mol. The minimum atomic E-state index is -4.54. The summed E-state index contributed by atoms with van der Waals surface area (Å²) in [6.07, 6.45) is -8.45. The molecule has 0 fully saturated rings. The molecule has 2 nitrogen and oxygen atoms in total. The number of benzene rings is 2. The van der Waals surface area contributed by atoms with Crippen molar-refractivity contribution in [3.8, 4) is 17.0 Å². The fraction of sp³-hybridized carbons (Fsp3) is 0.118. The minimum absolute atomic E-state index is 0.353. The molecule has 0 unspecified atom stereocenters. The molecule has 0 radical (unpaired) electrons. The van der Waals surface area contributed by atoms with E-state index in [-0.39, 0.29) is 5.75 Å². The van der Waals surface area contributed by atoms with Crippen LogP contribution in [0.15, 0.2) is 59.1 Å². The number of halogens is 5. The van der Waals surface area contributed by atoms with Crippen LogP contribution in [-0.2, 0) is 0 Å². The van der Waals surface area contributed by atoms with E-state index < -0.39 is 12.5 Å². The van der Waals surface area contributed by atoms with Gasteiger partial charge in [-0.2, -0.15) is 17.6 Å². The van der Waals surface area contributed by atoms with Gasteiger partial charge in [0, 0.05) is 15.4 Å². The fourth-order valence-electron chi connectivity index (χ4n) is 2.20. The van der Waals surface area contributed by atoms with Gasteiger partial charge in [0.1, 0.15) is 5.75 Å². The van der Waals surface area contributed by atoms with Crippen LogP contribution in [0.1, 0.15) is 0 Å². The largest absolute Gasteiger partial charge is 0.461 e. The third kappa shape index (κ3) is 3.36. The number of hydrogen-bond donors (Lipinski definition) is 0. The predicted molar refractivity (Wildman–Crippen MR) is 86.5 cm³/mol. The van der Waals surface area contributed by atoms with E-state index in [0.29, 0.717) is 16.8 Å². The summed E-state index contributed by atoms with van der Waals surface area (Å²) in [6.45, 7) is 0. The zero-order valence-electron chi connectivity index (χ0n) is 12.0. The first-order valence-electron chi connectivity index (χ1n) is 6.87. The molecule has 124 valence electrons. The third-order valence-electron chi connectivity index (χ3n) is 3.32. The number of pyridine rings is 1. The molecule has 0 bridgehead atoms. The van der Waals surface area contributed by atoms with Gasteiger partial charge in [-0.25, -0.2) is 4.98 Å². The summed E-state index contributed by atoms with van der Waals surface area (Å²) >= 11 is 3.42. The SMILES string of the molecule is FC(F)C(F)(F)Oc1cccc(-c2ccc3c(Br)cccc3n2)c1. The van der Waals surface area contributed by atoms with Crippen LogP contribution in [0, 0.1) is 0 Å². The van der Waals surface area contributed by atoms with Crippen molar-refractivity contribution >= 4 is 26.8 Å². The van der Waals surface area contributed by atoms with Gasteiger partial charge in [-0.3, -0.25) is 0 Å². The maximum absolute atomic E-state index is 13.0. The van der Waals surface area contributed by atoms with Crippen LogP contribution in [0.5, 0.6) is 5.75 Å². The highest BCUT2D eigenvalue weighted by Crippen LogP contribution is 2.31. The summed E-state index contributed by atoms with van der Waals surface area (Å²) in [5.74, 6) is -0.353. The summed E-state index contributed by atoms with van der Waals surface area (Å²) in [6, 6.07) is 14.6. The van der Waals surface area contributed by atoms with Gasteiger partial charge in [0.2, 0.25) is 0 Å². The van der Waals surface area contributed by atoms with Crippen LogP contribution in [0.2, 0.25) is 0 Å². The second-order valence-electron chi connectivity index (χ2n) is 5.00. The number of ether oxygens (including phenoxy) is 1. The number of aromatic nitrogens is 1. The maximum atomic E-state index is 13.0. The Balaban J connectivity index is 1.97. The van der Waals surface area contributed by atoms with Crippen molar-refractivity contribution in [2.45, 2.75) is 12.5 Å². The average Bonchev–Trinajstić information content (AvgIpc) is 2.54. The zero-order valence-corrected chi connectivity index (χ0v) is 13.6. The van der Waals surface area contributed by atoms with E-state index in [1.807, 2.05) is 24.3 Å². The minimum Gasteiger partial charge on any atom is -0.428 e. The molecule has 0 saturated carbocycles. The van der Waals surface area contributed by atoms with Gasteiger partial charge in [0.25, 0.3) is 0 Å². The monoisotopic (exact) mass is 399 g/mol. The molecule has 0 saturated heterocycles. The lowest BCUT2D eigenvalue weighted by atomic mass is 10.1. The first-order chi connectivity index (χ1) is 11.4. The van der Waals surface area contributed by atoms with Gasteiger partial charge in [0.15, 0.2) is 0 Å². The zero-order chi connectivity index (χ0) is 17.3. The van der Waals surface area contributed by atoms with Crippen molar-refractivity contribution in [2.24, 2.45) is 0 Å². The van der Waals surface area contributed by atoms with Crippen molar-refractivity contribution in [1.29, 1.82) is 0 Å². The molecule has 0 spiro atoms. The van der Waals surface area contributed by atoms with E-state index >= 15 is 0 Å². The summed E-state index contributed by atoms with van der Waals surface area (Å²) < 4.78 is 55.5. The van der Waals surface area contributed by atoms with Gasteiger partial charge in [-0.15, -0.1) is 0 Å². The highest BCUT2D eigenvalue weighted by Gasteiger charge is 2.43. The standard InChI is InChI=1S/C17H10BrF4NO/c18-13-5-2-6-15-12(13)7-8-14(23-15)10-3-1-4-11(9-10)24-17(21,22)16(19)20/h1-9,16H. The Morgan fingerprint density at radius 2 is 1.75 bits per heavy atom. The molecule has 0 aliphatic rings. The topological polar surface area (TPSA) is 22.1 Å². The number of hydrogen-bond acceptors (Lipinski definition) is 2. The van der Waals surface area contributed by atoms with Crippen molar-refractivity contribution in [1.82, 2.24) is 4.98 Å². The van der Waals surface area contributed by atoms with E-state index in [0.717, 1.165) is 9.86 Å². The fourth-order valence-corrected chi connectivity index (χ4v) is 2.69. The molecule has 24 heavy (non-hydrogen) atoms. The van der Waals surface area contributed by atoms with Crippen molar-refractivity contribution < 1.29 is 22.3 Å². The molecule has 1 heterocycles. The summed E-state index contributed by atoms with van der Waals surface area (Å²) in [5, 5.41) is 0.901. The Labute approximate surface area is 143 Å². The van der Waals surface area contributed by atoms with E-state index in [2.05, 4.69) is 25.7 Å². The highest BCUT2D eigenvalue weighted by atomic mass is 79.9. The summed E-state index contributed by atoms with van der Waals surface area (Å²) in [4.78, 5) is 4.46. The third-order valence-corrected chi connectivity index (χ3v) is 4.01. The van der Waals surface area contributed by atoms with Gasteiger partial charge >= 0.3 is 12.5 Å². The second kappa shape index (κ2) is 6.39. The maximum Gasteiger partial charge on any atom is 0.461 e. The van der Waals surface area contributed by atoms with Gasteiger partial charge in [-0.05, 0) is 36.4 Å². The Morgan fingerprint density at radius 1 is 1.00 bits per heavy atom. The van der Waals surface area contributed by atoms with E-state index in [9.17, 15) is 17.6 Å². The number of fused-ring (bicyclic) bond motifs is 1. The summed E-state index contributed by atoms with van der Waals surface area (Å²) in [7, 11) is 0. The average molecular weight is 400 g/mol. The Morgan fingerprint density at radius 3 is 2.50 bits per heavy atom. The van der Waals surface area contributed by atoms with Crippen LogP contribution in [0.25, 0.3) is 22.2 Å². The Kier molecular flexibility index (Phi) is 4.45. The molecule has 3 aromatic rings. The quantitative estimate of drug-likeness (QED) is 0.509.